The molecule has 1 N–H and O–H groups in total. The van der Waals surface area contributed by atoms with Gasteiger partial charge in [-0.1, -0.05) is 35.9 Å². The molecule has 0 aliphatic heterocycles. The summed E-state index contributed by atoms with van der Waals surface area (Å²) in [6.07, 6.45) is 0. The van der Waals surface area contributed by atoms with Gasteiger partial charge in [0.25, 0.3) is 5.91 Å². The monoisotopic (exact) mass is 321 g/mol. The number of rotatable bonds is 5. The van der Waals surface area contributed by atoms with Crippen LogP contribution in [-0.2, 0) is 4.79 Å². The highest BCUT2D eigenvalue weighted by atomic mass is 35.5. The van der Waals surface area contributed by atoms with E-state index in [9.17, 15) is 9.18 Å². The van der Waals surface area contributed by atoms with Crippen LogP contribution < -0.4 is 10.1 Å². The number of benzene rings is 2. The summed E-state index contributed by atoms with van der Waals surface area (Å²) in [6, 6.07) is 11.5. The number of hydrogen-bond acceptors (Lipinski definition) is 2. The number of carbonyl (C=O) groups is 1. The second kappa shape index (κ2) is 7.27. The van der Waals surface area contributed by atoms with Crippen molar-refractivity contribution in [1.29, 1.82) is 0 Å². The maximum Gasteiger partial charge on any atom is 0.258 e. The van der Waals surface area contributed by atoms with Crippen LogP contribution in [0.5, 0.6) is 5.75 Å². The smallest absolute Gasteiger partial charge is 0.258 e. The summed E-state index contributed by atoms with van der Waals surface area (Å²) in [7, 11) is 0. The number of carbonyl (C=O) groups excluding carboxylic acids is 1. The zero-order valence-electron chi connectivity index (χ0n) is 12.4. The number of ether oxygens (including phenoxy) is 1. The molecule has 1 amide bonds. The summed E-state index contributed by atoms with van der Waals surface area (Å²) in [4.78, 5) is 11.9. The quantitative estimate of drug-likeness (QED) is 0.902. The van der Waals surface area contributed by atoms with E-state index in [1.54, 1.807) is 0 Å². The first kappa shape index (κ1) is 16.3. The summed E-state index contributed by atoms with van der Waals surface area (Å²) in [5.74, 6) is -0.607. The van der Waals surface area contributed by atoms with Gasteiger partial charge in [-0.05, 0) is 37.1 Å². The molecule has 3 nitrogen and oxygen atoms in total. The van der Waals surface area contributed by atoms with E-state index in [0.29, 0.717) is 0 Å². The van der Waals surface area contributed by atoms with E-state index in [1.807, 2.05) is 38.1 Å². The molecule has 2 aromatic carbocycles. The fraction of sp³-hybridized carbons (Fsp3) is 0.235. The number of nitrogens with one attached hydrogen (secondary N) is 1. The summed E-state index contributed by atoms with van der Waals surface area (Å²) in [5.41, 5.74) is 2.14. The SMILES string of the molecule is Cc1ccccc1C(C)NC(=O)COc1cc(F)ccc1Cl. The first-order chi connectivity index (χ1) is 10.5. The molecule has 22 heavy (non-hydrogen) atoms. The van der Waals surface area contributed by atoms with Gasteiger partial charge < -0.3 is 10.1 Å². The average Bonchev–Trinajstić information content (AvgIpc) is 2.48. The van der Waals surface area contributed by atoms with Gasteiger partial charge in [0.15, 0.2) is 6.61 Å². The van der Waals surface area contributed by atoms with Crippen LogP contribution in [0.3, 0.4) is 0 Å². The minimum Gasteiger partial charge on any atom is -0.482 e. The third-order valence-corrected chi connectivity index (χ3v) is 3.60. The van der Waals surface area contributed by atoms with Crippen molar-refractivity contribution in [3.05, 3.63) is 64.4 Å². The van der Waals surface area contributed by atoms with Crippen LogP contribution >= 0.6 is 11.6 Å². The highest BCUT2D eigenvalue weighted by Crippen LogP contribution is 2.24. The standard InChI is InChI=1S/C17H17ClFNO2/c1-11-5-3-4-6-14(11)12(2)20-17(21)10-22-16-9-13(19)7-8-15(16)18/h3-9,12H,10H2,1-2H3,(H,20,21). The van der Waals surface area contributed by atoms with E-state index in [0.717, 1.165) is 17.2 Å². The number of aryl methyl sites for hydroxylation is 1. The van der Waals surface area contributed by atoms with Crippen LogP contribution in [0.4, 0.5) is 4.39 Å². The van der Waals surface area contributed by atoms with Gasteiger partial charge in [0.1, 0.15) is 11.6 Å². The minimum atomic E-state index is -0.465. The van der Waals surface area contributed by atoms with Gasteiger partial charge in [-0.25, -0.2) is 4.39 Å². The zero-order valence-corrected chi connectivity index (χ0v) is 13.2. The molecule has 0 aliphatic carbocycles. The molecule has 1 unspecified atom stereocenters. The molecule has 0 saturated carbocycles. The molecule has 0 spiro atoms. The lowest BCUT2D eigenvalue weighted by molar-refractivity contribution is -0.123. The molecule has 116 valence electrons. The predicted molar refractivity (Wildman–Crippen MR) is 84.6 cm³/mol. The molecule has 0 saturated heterocycles. The molecule has 2 aromatic rings. The third kappa shape index (κ3) is 4.21. The molecule has 1 atom stereocenters. The van der Waals surface area contributed by atoms with Crippen molar-refractivity contribution in [2.45, 2.75) is 19.9 Å². The van der Waals surface area contributed by atoms with Crippen molar-refractivity contribution in [3.8, 4) is 5.75 Å². The van der Waals surface area contributed by atoms with Gasteiger partial charge in [0.2, 0.25) is 0 Å². The van der Waals surface area contributed by atoms with Crippen LogP contribution in [0.15, 0.2) is 42.5 Å². The van der Waals surface area contributed by atoms with E-state index in [4.69, 9.17) is 16.3 Å². The van der Waals surface area contributed by atoms with Crippen molar-refractivity contribution < 1.29 is 13.9 Å². The van der Waals surface area contributed by atoms with Crippen molar-refractivity contribution in [1.82, 2.24) is 5.32 Å². The van der Waals surface area contributed by atoms with E-state index in [1.165, 1.54) is 12.1 Å². The Morgan fingerprint density at radius 2 is 2.05 bits per heavy atom. The van der Waals surface area contributed by atoms with E-state index in [2.05, 4.69) is 5.32 Å². The van der Waals surface area contributed by atoms with Gasteiger partial charge >= 0.3 is 0 Å². The molecule has 0 radical (unpaired) electrons. The summed E-state index contributed by atoms with van der Waals surface area (Å²) in [5, 5.41) is 3.11. The molecule has 0 heterocycles. The second-order valence-corrected chi connectivity index (χ2v) is 5.42. The van der Waals surface area contributed by atoms with Crippen molar-refractivity contribution in [2.24, 2.45) is 0 Å². The second-order valence-electron chi connectivity index (χ2n) is 5.01. The number of hydrogen-bond donors (Lipinski definition) is 1. The highest BCUT2D eigenvalue weighted by Gasteiger charge is 2.12. The maximum absolute atomic E-state index is 13.1. The fourth-order valence-electron chi connectivity index (χ4n) is 2.16. The fourth-order valence-corrected chi connectivity index (χ4v) is 2.34. The van der Waals surface area contributed by atoms with Crippen molar-refractivity contribution >= 4 is 17.5 Å². The van der Waals surface area contributed by atoms with Crippen LogP contribution in [0.2, 0.25) is 5.02 Å². The Bertz CT molecular complexity index is 675. The normalized spacial score (nSPS) is 11.8. The Morgan fingerprint density at radius 3 is 2.77 bits per heavy atom. The molecule has 0 bridgehead atoms. The molecular formula is C17H17ClFNO2. The highest BCUT2D eigenvalue weighted by molar-refractivity contribution is 6.32. The molecule has 0 fully saturated rings. The van der Waals surface area contributed by atoms with Crippen molar-refractivity contribution in [2.75, 3.05) is 6.61 Å². The first-order valence-corrected chi connectivity index (χ1v) is 7.28. The Balaban J connectivity index is 1.93. The summed E-state index contributed by atoms with van der Waals surface area (Å²) in [6.45, 7) is 3.66. The van der Waals surface area contributed by atoms with Gasteiger partial charge in [-0.2, -0.15) is 0 Å². The Morgan fingerprint density at radius 1 is 1.32 bits per heavy atom. The lowest BCUT2D eigenvalue weighted by Crippen LogP contribution is -2.31. The average molecular weight is 322 g/mol. The summed E-state index contributed by atoms with van der Waals surface area (Å²) >= 11 is 5.88. The largest absolute Gasteiger partial charge is 0.482 e. The Hall–Kier alpha value is -2.07. The molecule has 5 heteroatoms. The van der Waals surface area contributed by atoms with E-state index >= 15 is 0 Å². The van der Waals surface area contributed by atoms with E-state index < -0.39 is 5.82 Å². The maximum atomic E-state index is 13.1. The molecule has 2 rings (SSSR count). The molecular weight excluding hydrogens is 305 g/mol. The van der Waals surface area contributed by atoms with Gasteiger partial charge in [-0.15, -0.1) is 0 Å². The lowest BCUT2D eigenvalue weighted by atomic mass is 10.0. The first-order valence-electron chi connectivity index (χ1n) is 6.90. The van der Waals surface area contributed by atoms with Gasteiger partial charge in [0, 0.05) is 6.07 Å². The van der Waals surface area contributed by atoms with Gasteiger partial charge in [0.05, 0.1) is 11.1 Å². The van der Waals surface area contributed by atoms with E-state index in [-0.39, 0.29) is 29.3 Å². The minimum absolute atomic E-state index is 0.139. The van der Waals surface area contributed by atoms with Crippen LogP contribution in [0.1, 0.15) is 24.1 Å². The Labute approximate surface area is 134 Å². The number of halogens is 2. The zero-order chi connectivity index (χ0) is 16.1. The summed E-state index contributed by atoms with van der Waals surface area (Å²) < 4.78 is 18.4. The molecule has 0 aromatic heterocycles. The van der Waals surface area contributed by atoms with Crippen molar-refractivity contribution in [3.63, 3.8) is 0 Å². The van der Waals surface area contributed by atoms with Crippen LogP contribution in [0.25, 0.3) is 0 Å². The molecule has 0 aliphatic rings. The third-order valence-electron chi connectivity index (χ3n) is 3.28. The lowest BCUT2D eigenvalue weighted by Gasteiger charge is -2.17. The van der Waals surface area contributed by atoms with Crippen LogP contribution in [0, 0.1) is 12.7 Å². The van der Waals surface area contributed by atoms with Gasteiger partial charge in [-0.3, -0.25) is 4.79 Å². The Kier molecular flexibility index (Phi) is 5.39. The number of amides is 1. The topological polar surface area (TPSA) is 38.3 Å². The predicted octanol–water partition coefficient (Wildman–Crippen LogP) is 4.04. The van der Waals surface area contributed by atoms with Crippen LogP contribution in [-0.4, -0.2) is 12.5 Å².